The number of fused-ring (bicyclic) bond motifs is 1. The van der Waals surface area contributed by atoms with Crippen molar-refractivity contribution >= 4 is 11.5 Å². The summed E-state index contributed by atoms with van der Waals surface area (Å²) in [6.45, 7) is 0.419. The first-order valence-corrected chi connectivity index (χ1v) is 6.36. The second-order valence-corrected chi connectivity index (χ2v) is 4.66. The molecule has 0 fully saturated rings. The lowest BCUT2D eigenvalue weighted by atomic mass is 10.3. The Bertz CT molecular complexity index is 783. The van der Waals surface area contributed by atoms with Crippen LogP contribution in [-0.2, 0) is 12.7 Å². The SMILES string of the molecule is CN(Cc1ccccn1)c1ccc2nnc(C(F)(F)F)n2n1. The Kier molecular flexibility index (Phi) is 3.39. The number of hydrogen-bond acceptors (Lipinski definition) is 5. The molecule has 3 aromatic heterocycles. The van der Waals surface area contributed by atoms with E-state index < -0.39 is 12.0 Å². The lowest BCUT2D eigenvalue weighted by Gasteiger charge is -2.17. The highest BCUT2D eigenvalue weighted by atomic mass is 19.4. The van der Waals surface area contributed by atoms with E-state index in [9.17, 15) is 13.2 Å². The molecular formula is C13H11F3N6. The van der Waals surface area contributed by atoms with Gasteiger partial charge in [0.1, 0.15) is 5.82 Å². The van der Waals surface area contributed by atoms with E-state index in [1.807, 2.05) is 12.1 Å². The third kappa shape index (κ3) is 2.69. The van der Waals surface area contributed by atoms with Gasteiger partial charge in [-0.3, -0.25) is 4.98 Å². The summed E-state index contributed by atoms with van der Waals surface area (Å²) < 4.78 is 39.2. The van der Waals surface area contributed by atoms with Crippen molar-refractivity contribution in [2.24, 2.45) is 0 Å². The van der Waals surface area contributed by atoms with E-state index in [4.69, 9.17) is 0 Å². The molecule has 0 saturated heterocycles. The number of halogens is 3. The Hall–Kier alpha value is -2.71. The first-order chi connectivity index (χ1) is 10.4. The van der Waals surface area contributed by atoms with Crippen LogP contribution in [0.15, 0.2) is 36.5 Å². The Balaban J connectivity index is 1.94. The predicted molar refractivity (Wildman–Crippen MR) is 72.1 cm³/mol. The first-order valence-electron chi connectivity index (χ1n) is 6.36. The van der Waals surface area contributed by atoms with Gasteiger partial charge >= 0.3 is 6.18 Å². The molecule has 0 aromatic carbocycles. The highest BCUT2D eigenvalue weighted by Crippen LogP contribution is 2.27. The number of aromatic nitrogens is 5. The maximum atomic E-state index is 12.8. The lowest BCUT2D eigenvalue weighted by Crippen LogP contribution is -2.20. The fraction of sp³-hybridized carbons (Fsp3) is 0.231. The molecule has 9 heteroatoms. The smallest absolute Gasteiger partial charge is 0.352 e. The summed E-state index contributed by atoms with van der Waals surface area (Å²) in [4.78, 5) is 5.87. The van der Waals surface area contributed by atoms with E-state index in [1.165, 1.54) is 6.07 Å². The number of nitrogens with zero attached hydrogens (tertiary/aromatic N) is 6. The van der Waals surface area contributed by atoms with E-state index in [1.54, 1.807) is 30.3 Å². The molecule has 3 heterocycles. The van der Waals surface area contributed by atoms with Gasteiger partial charge in [0.05, 0.1) is 12.2 Å². The van der Waals surface area contributed by atoms with Gasteiger partial charge in [0, 0.05) is 13.2 Å². The lowest BCUT2D eigenvalue weighted by molar-refractivity contribution is -0.146. The van der Waals surface area contributed by atoms with Gasteiger partial charge in [-0.2, -0.15) is 17.7 Å². The van der Waals surface area contributed by atoms with Gasteiger partial charge in [0.2, 0.25) is 0 Å². The molecule has 0 amide bonds. The number of rotatable bonds is 3. The topological polar surface area (TPSA) is 59.2 Å². The summed E-state index contributed by atoms with van der Waals surface area (Å²) >= 11 is 0. The molecule has 0 bridgehead atoms. The van der Waals surface area contributed by atoms with E-state index in [-0.39, 0.29) is 5.65 Å². The summed E-state index contributed by atoms with van der Waals surface area (Å²) in [6.07, 6.45) is -2.95. The van der Waals surface area contributed by atoms with Crippen LogP contribution in [0.5, 0.6) is 0 Å². The average Bonchev–Trinajstić information content (AvgIpc) is 2.91. The molecule has 3 aromatic rings. The van der Waals surface area contributed by atoms with Crippen LogP contribution < -0.4 is 4.90 Å². The van der Waals surface area contributed by atoms with Crippen LogP contribution in [0.25, 0.3) is 5.65 Å². The Morgan fingerprint density at radius 1 is 1.14 bits per heavy atom. The van der Waals surface area contributed by atoms with Crippen LogP contribution in [0.3, 0.4) is 0 Å². The monoisotopic (exact) mass is 308 g/mol. The van der Waals surface area contributed by atoms with Gasteiger partial charge in [-0.1, -0.05) is 6.07 Å². The Labute approximate surface area is 123 Å². The molecule has 0 saturated carbocycles. The van der Waals surface area contributed by atoms with E-state index >= 15 is 0 Å². The van der Waals surface area contributed by atoms with Crippen molar-refractivity contribution in [3.05, 3.63) is 48.0 Å². The molecule has 0 radical (unpaired) electrons. The zero-order valence-electron chi connectivity index (χ0n) is 11.5. The summed E-state index contributed by atoms with van der Waals surface area (Å²) in [5.41, 5.74) is 0.828. The number of hydrogen-bond donors (Lipinski definition) is 0. The maximum absolute atomic E-state index is 12.8. The molecule has 0 atom stereocenters. The molecule has 114 valence electrons. The van der Waals surface area contributed by atoms with Crippen molar-refractivity contribution in [2.45, 2.75) is 12.7 Å². The summed E-state index contributed by atoms with van der Waals surface area (Å²) in [5, 5.41) is 10.6. The molecule has 6 nitrogen and oxygen atoms in total. The summed E-state index contributed by atoms with van der Waals surface area (Å²) in [7, 11) is 1.72. The molecule has 0 aliphatic rings. The number of pyridine rings is 1. The average molecular weight is 308 g/mol. The largest absolute Gasteiger partial charge is 0.453 e. The van der Waals surface area contributed by atoms with Crippen LogP contribution in [0.2, 0.25) is 0 Å². The van der Waals surface area contributed by atoms with Crippen molar-refractivity contribution in [1.29, 1.82) is 0 Å². The molecule has 3 rings (SSSR count). The molecular weight excluding hydrogens is 297 g/mol. The van der Waals surface area contributed by atoms with E-state index in [0.717, 1.165) is 5.69 Å². The van der Waals surface area contributed by atoms with Crippen molar-refractivity contribution in [1.82, 2.24) is 24.8 Å². The van der Waals surface area contributed by atoms with Crippen molar-refractivity contribution in [3.63, 3.8) is 0 Å². The van der Waals surface area contributed by atoms with Crippen LogP contribution in [0.4, 0.5) is 19.0 Å². The molecule has 0 aliphatic heterocycles. The second kappa shape index (κ2) is 5.24. The summed E-state index contributed by atoms with van der Waals surface area (Å²) in [6, 6.07) is 8.50. The van der Waals surface area contributed by atoms with Gasteiger partial charge in [0.25, 0.3) is 5.82 Å². The number of alkyl halides is 3. The quantitative estimate of drug-likeness (QED) is 0.742. The zero-order valence-corrected chi connectivity index (χ0v) is 11.5. The van der Waals surface area contributed by atoms with E-state index in [0.29, 0.717) is 16.9 Å². The van der Waals surface area contributed by atoms with Crippen LogP contribution >= 0.6 is 0 Å². The minimum atomic E-state index is -4.61. The fourth-order valence-electron chi connectivity index (χ4n) is 1.98. The molecule has 0 spiro atoms. The van der Waals surface area contributed by atoms with Gasteiger partial charge in [-0.05, 0) is 24.3 Å². The highest BCUT2D eigenvalue weighted by Gasteiger charge is 2.37. The Morgan fingerprint density at radius 2 is 1.95 bits per heavy atom. The fourth-order valence-corrected chi connectivity index (χ4v) is 1.98. The van der Waals surface area contributed by atoms with Gasteiger partial charge in [0.15, 0.2) is 5.65 Å². The third-order valence-electron chi connectivity index (χ3n) is 3.02. The zero-order chi connectivity index (χ0) is 15.7. The minimum absolute atomic E-state index is 0.0438. The molecule has 22 heavy (non-hydrogen) atoms. The minimum Gasteiger partial charge on any atom is -0.352 e. The van der Waals surface area contributed by atoms with Gasteiger partial charge in [-0.15, -0.1) is 15.3 Å². The summed E-state index contributed by atoms with van der Waals surface area (Å²) in [5.74, 6) is -0.779. The van der Waals surface area contributed by atoms with Crippen LogP contribution in [-0.4, -0.2) is 31.8 Å². The van der Waals surface area contributed by atoms with Crippen LogP contribution in [0.1, 0.15) is 11.5 Å². The second-order valence-electron chi connectivity index (χ2n) is 4.66. The highest BCUT2D eigenvalue weighted by molar-refractivity contribution is 5.45. The van der Waals surface area contributed by atoms with Crippen LogP contribution in [0, 0.1) is 0 Å². The van der Waals surface area contributed by atoms with Crippen molar-refractivity contribution in [3.8, 4) is 0 Å². The van der Waals surface area contributed by atoms with E-state index in [2.05, 4.69) is 20.3 Å². The first kappa shape index (κ1) is 14.2. The van der Waals surface area contributed by atoms with Gasteiger partial charge < -0.3 is 4.90 Å². The maximum Gasteiger partial charge on any atom is 0.453 e. The molecule has 0 aliphatic carbocycles. The van der Waals surface area contributed by atoms with Crippen molar-refractivity contribution in [2.75, 3.05) is 11.9 Å². The van der Waals surface area contributed by atoms with Crippen molar-refractivity contribution < 1.29 is 13.2 Å². The van der Waals surface area contributed by atoms with Gasteiger partial charge in [-0.25, -0.2) is 0 Å². The molecule has 0 unspecified atom stereocenters. The molecule has 0 N–H and O–H groups in total. The predicted octanol–water partition coefficient (Wildman–Crippen LogP) is 2.17. The Morgan fingerprint density at radius 3 is 2.64 bits per heavy atom. The standard InChI is InChI=1S/C13H11F3N6/c1-21(8-9-4-2-3-7-17-9)11-6-5-10-18-19-12(13(14,15)16)22(10)20-11/h2-7H,8H2,1H3. The number of anilines is 1. The third-order valence-corrected chi connectivity index (χ3v) is 3.02. The normalized spacial score (nSPS) is 11.8.